The zero-order chi connectivity index (χ0) is 14.5. The molecule has 2 rings (SSSR count). The van der Waals surface area contributed by atoms with E-state index in [0.29, 0.717) is 12.3 Å². The van der Waals surface area contributed by atoms with Crippen LogP contribution < -0.4 is 10.6 Å². The number of aryl methyl sites for hydroxylation is 2. The minimum atomic E-state index is -0.158. The molecule has 108 valence electrons. The Kier molecular flexibility index (Phi) is 4.79. The van der Waals surface area contributed by atoms with E-state index in [4.69, 9.17) is 4.42 Å². The molecule has 2 N–H and O–H groups in total. The highest BCUT2D eigenvalue weighted by molar-refractivity contribution is 5.96. The second-order valence-electron chi connectivity index (χ2n) is 5.09. The summed E-state index contributed by atoms with van der Waals surface area (Å²) in [7, 11) is 0. The summed E-state index contributed by atoms with van der Waals surface area (Å²) in [6, 6.07) is 5.83. The van der Waals surface area contributed by atoms with Crippen molar-refractivity contribution in [1.29, 1.82) is 0 Å². The SMILES string of the molecule is CCCNCCNC(=O)c1cc2cc(C)c(C)cc2o1. The second-order valence-corrected chi connectivity index (χ2v) is 5.09. The van der Waals surface area contributed by atoms with E-state index in [9.17, 15) is 4.79 Å². The van der Waals surface area contributed by atoms with Crippen LogP contribution in [0.5, 0.6) is 0 Å². The van der Waals surface area contributed by atoms with E-state index in [1.807, 2.05) is 19.1 Å². The number of carbonyl (C=O) groups is 1. The van der Waals surface area contributed by atoms with Gasteiger partial charge in [-0.15, -0.1) is 0 Å². The fourth-order valence-corrected chi connectivity index (χ4v) is 2.07. The first-order chi connectivity index (χ1) is 9.61. The molecule has 1 aromatic heterocycles. The van der Waals surface area contributed by atoms with Gasteiger partial charge in [0.2, 0.25) is 0 Å². The monoisotopic (exact) mass is 274 g/mol. The van der Waals surface area contributed by atoms with Gasteiger partial charge in [0.05, 0.1) is 0 Å². The van der Waals surface area contributed by atoms with Gasteiger partial charge in [0.15, 0.2) is 5.76 Å². The molecule has 2 aromatic rings. The fraction of sp³-hybridized carbons (Fsp3) is 0.438. The van der Waals surface area contributed by atoms with Crippen LogP contribution in [0.2, 0.25) is 0 Å². The molecule has 0 radical (unpaired) electrons. The van der Waals surface area contributed by atoms with Crippen molar-refractivity contribution in [3.05, 3.63) is 35.1 Å². The molecule has 0 aliphatic heterocycles. The van der Waals surface area contributed by atoms with Crippen molar-refractivity contribution in [2.24, 2.45) is 0 Å². The Balaban J connectivity index is 2.00. The van der Waals surface area contributed by atoms with E-state index in [1.165, 1.54) is 11.1 Å². The number of carbonyl (C=O) groups excluding carboxylic acids is 1. The van der Waals surface area contributed by atoms with Gasteiger partial charge in [-0.05, 0) is 56.1 Å². The molecule has 20 heavy (non-hydrogen) atoms. The third-order valence-corrected chi connectivity index (χ3v) is 3.37. The van der Waals surface area contributed by atoms with E-state index in [1.54, 1.807) is 6.07 Å². The second kappa shape index (κ2) is 6.57. The van der Waals surface area contributed by atoms with Gasteiger partial charge in [0.25, 0.3) is 5.91 Å². The lowest BCUT2D eigenvalue weighted by Crippen LogP contribution is -2.31. The van der Waals surface area contributed by atoms with Gasteiger partial charge < -0.3 is 15.1 Å². The number of nitrogens with one attached hydrogen (secondary N) is 2. The highest BCUT2D eigenvalue weighted by atomic mass is 16.3. The lowest BCUT2D eigenvalue weighted by molar-refractivity contribution is 0.0928. The van der Waals surface area contributed by atoms with Gasteiger partial charge in [-0.25, -0.2) is 0 Å². The third kappa shape index (κ3) is 3.39. The van der Waals surface area contributed by atoms with Crippen LogP contribution in [-0.2, 0) is 0 Å². The first-order valence-corrected chi connectivity index (χ1v) is 7.11. The Labute approximate surface area is 119 Å². The molecule has 1 heterocycles. The van der Waals surface area contributed by atoms with Crippen molar-refractivity contribution in [3.8, 4) is 0 Å². The largest absolute Gasteiger partial charge is 0.451 e. The number of hydrogen-bond acceptors (Lipinski definition) is 3. The van der Waals surface area contributed by atoms with Gasteiger partial charge in [-0.3, -0.25) is 4.79 Å². The molecule has 1 aromatic carbocycles. The van der Waals surface area contributed by atoms with Crippen LogP contribution in [0.4, 0.5) is 0 Å². The maximum absolute atomic E-state index is 12.0. The topological polar surface area (TPSA) is 54.3 Å². The molecule has 0 aliphatic carbocycles. The van der Waals surface area contributed by atoms with Crippen molar-refractivity contribution in [2.75, 3.05) is 19.6 Å². The summed E-state index contributed by atoms with van der Waals surface area (Å²) in [6.07, 6.45) is 1.09. The normalized spacial score (nSPS) is 10.9. The Morgan fingerprint density at radius 2 is 1.85 bits per heavy atom. The maximum atomic E-state index is 12.0. The molecule has 0 saturated carbocycles. The molecule has 0 fully saturated rings. The lowest BCUT2D eigenvalue weighted by atomic mass is 10.1. The predicted octanol–water partition coefficient (Wildman–Crippen LogP) is 2.78. The molecule has 0 spiro atoms. The quantitative estimate of drug-likeness (QED) is 0.796. The van der Waals surface area contributed by atoms with E-state index in [0.717, 1.165) is 30.5 Å². The smallest absolute Gasteiger partial charge is 0.287 e. The van der Waals surface area contributed by atoms with Gasteiger partial charge >= 0.3 is 0 Å². The van der Waals surface area contributed by atoms with E-state index in [2.05, 4.69) is 24.5 Å². The van der Waals surface area contributed by atoms with Crippen molar-refractivity contribution in [2.45, 2.75) is 27.2 Å². The molecule has 0 aliphatic rings. The molecule has 0 saturated heterocycles. The minimum Gasteiger partial charge on any atom is -0.451 e. The standard InChI is InChI=1S/C16H22N2O2/c1-4-5-17-6-7-18-16(19)15-10-13-8-11(2)12(3)9-14(13)20-15/h8-10,17H,4-7H2,1-3H3,(H,18,19). The molecule has 0 bridgehead atoms. The third-order valence-electron chi connectivity index (χ3n) is 3.37. The molecule has 1 amide bonds. The van der Waals surface area contributed by atoms with E-state index >= 15 is 0 Å². The zero-order valence-corrected chi connectivity index (χ0v) is 12.4. The highest BCUT2D eigenvalue weighted by Gasteiger charge is 2.12. The van der Waals surface area contributed by atoms with Crippen molar-refractivity contribution in [1.82, 2.24) is 10.6 Å². The summed E-state index contributed by atoms with van der Waals surface area (Å²) < 4.78 is 5.61. The van der Waals surface area contributed by atoms with Crippen molar-refractivity contribution >= 4 is 16.9 Å². The zero-order valence-electron chi connectivity index (χ0n) is 12.4. The summed E-state index contributed by atoms with van der Waals surface area (Å²) in [5.41, 5.74) is 3.14. The summed E-state index contributed by atoms with van der Waals surface area (Å²) in [6.45, 7) is 8.56. The Morgan fingerprint density at radius 3 is 2.60 bits per heavy atom. The number of hydrogen-bond donors (Lipinski definition) is 2. The van der Waals surface area contributed by atoms with Crippen LogP contribution in [0.3, 0.4) is 0 Å². The van der Waals surface area contributed by atoms with Crippen LogP contribution in [0.15, 0.2) is 22.6 Å². The van der Waals surface area contributed by atoms with E-state index < -0.39 is 0 Å². The fourth-order valence-electron chi connectivity index (χ4n) is 2.07. The number of amides is 1. The van der Waals surface area contributed by atoms with Gasteiger partial charge in [0.1, 0.15) is 5.58 Å². The van der Waals surface area contributed by atoms with Crippen LogP contribution in [0.1, 0.15) is 35.0 Å². The van der Waals surface area contributed by atoms with Crippen LogP contribution >= 0.6 is 0 Å². The molecular formula is C16H22N2O2. The molecule has 4 heteroatoms. The average molecular weight is 274 g/mol. The maximum Gasteiger partial charge on any atom is 0.287 e. The number of rotatable bonds is 6. The molecule has 0 atom stereocenters. The van der Waals surface area contributed by atoms with Gasteiger partial charge in [-0.2, -0.15) is 0 Å². The van der Waals surface area contributed by atoms with E-state index in [-0.39, 0.29) is 5.91 Å². The first kappa shape index (κ1) is 14.6. The first-order valence-electron chi connectivity index (χ1n) is 7.11. The Morgan fingerprint density at radius 1 is 1.10 bits per heavy atom. The number of furan rings is 1. The summed E-state index contributed by atoms with van der Waals surface area (Å²) in [5, 5.41) is 7.07. The average Bonchev–Trinajstić information content (AvgIpc) is 2.82. The molecular weight excluding hydrogens is 252 g/mol. The molecule has 4 nitrogen and oxygen atoms in total. The Hall–Kier alpha value is -1.81. The summed E-state index contributed by atoms with van der Waals surface area (Å²) >= 11 is 0. The van der Waals surface area contributed by atoms with Crippen LogP contribution in [0.25, 0.3) is 11.0 Å². The Bertz CT molecular complexity index is 563. The van der Waals surface area contributed by atoms with Crippen LogP contribution in [0, 0.1) is 13.8 Å². The predicted molar refractivity (Wildman–Crippen MR) is 81.2 cm³/mol. The number of fused-ring (bicyclic) bond motifs is 1. The summed E-state index contributed by atoms with van der Waals surface area (Å²) in [4.78, 5) is 12.0. The van der Waals surface area contributed by atoms with Crippen molar-refractivity contribution in [3.63, 3.8) is 0 Å². The van der Waals surface area contributed by atoms with Crippen LogP contribution in [-0.4, -0.2) is 25.5 Å². The highest BCUT2D eigenvalue weighted by Crippen LogP contribution is 2.23. The van der Waals surface area contributed by atoms with Gasteiger partial charge in [-0.1, -0.05) is 6.92 Å². The number of benzene rings is 1. The van der Waals surface area contributed by atoms with Crippen molar-refractivity contribution < 1.29 is 9.21 Å². The van der Waals surface area contributed by atoms with Gasteiger partial charge in [0, 0.05) is 18.5 Å². The lowest BCUT2D eigenvalue weighted by Gasteiger charge is -2.03. The summed E-state index contributed by atoms with van der Waals surface area (Å²) in [5.74, 6) is 0.218. The minimum absolute atomic E-state index is 0.158. The molecule has 0 unspecified atom stereocenters.